The van der Waals surface area contributed by atoms with Crippen LogP contribution in [0.4, 0.5) is 0 Å². The van der Waals surface area contributed by atoms with Crippen molar-refractivity contribution in [2.45, 2.75) is 77.9 Å². The molecule has 1 unspecified atom stereocenters. The minimum Gasteiger partial charge on any atom is -0.468 e. The number of methoxy groups -OCH3 is 1. The van der Waals surface area contributed by atoms with Crippen molar-refractivity contribution >= 4 is 5.97 Å². The highest BCUT2D eigenvalue weighted by Crippen LogP contribution is 2.30. The summed E-state index contributed by atoms with van der Waals surface area (Å²) in [6.07, 6.45) is 4.60. The Morgan fingerprint density at radius 1 is 1.33 bits per heavy atom. The molecule has 0 amide bonds. The smallest absolute Gasteiger partial charge is 0.325 e. The van der Waals surface area contributed by atoms with Crippen molar-refractivity contribution in [2.75, 3.05) is 20.2 Å². The lowest BCUT2D eigenvalue weighted by atomic mass is 9.94. The van der Waals surface area contributed by atoms with Gasteiger partial charge >= 0.3 is 5.97 Å². The molecule has 1 aliphatic carbocycles. The molecule has 4 nitrogen and oxygen atoms in total. The standard InChI is InChI=1S/C17H34N2O2/c1-13(2)18-17(5,16(20)21-6)10-7-11-19(14(3)4)12-15-8-9-15/h13-15,18H,7-12H2,1-6H3. The topological polar surface area (TPSA) is 41.6 Å². The second-order valence-corrected chi connectivity index (χ2v) is 7.26. The van der Waals surface area contributed by atoms with Gasteiger partial charge in [-0.15, -0.1) is 0 Å². The van der Waals surface area contributed by atoms with Crippen LogP contribution in [0.25, 0.3) is 0 Å². The first-order valence-electron chi connectivity index (χ1n) is 8.38. The molecule has 0 radical (unpaired) electrons. The number of nitrogens with one attached hydrogen (secondary N) is 1. The molecule has 1 rings (SSSR count). The molecule has 0 aromatic heterocycles. The number of carbonyl (C=O) groups is 1. The van der Waals surface area contributed by atoms with Crippen molar-refractivity contribution in [1.29, 1.82) is 0 Å². The first-order chi connectivity index (χ1) is 9.78. The van der Waals surface area contributed by atoms with Crippen molar-refractivity contribution in [3.63, 3.8) is 0 Å². The Bertz CT molecular complexity index is 327. The van der Waals surface area contributed by atoms with E-state index in [1.807, 2.05) is 6.92 Å². The number of nitrogens with zero attached hydrogens (tertiary/aromatic N) is 1. The molecule has 0 spiro atoms. The highest BCUT2D eigenvalue weighted by Gasteiger charge is 2.34. The SMILES string of the molecule is COC(=O)C(C)(CCCN(CC1CC1)C(C)C)NC(C)C. The fourth-order valence-corrected chi connectivity index (χ4v) is 2.92. The van der Waals surface area contributed by atoms with Gasteiger partial charge in [-0.3, -0.25) is 10.1 Å². The molecule has 0 aromatic carbocycles. The zero-order valence-electron chi connectivity index (χ0n) is 14.7. The average Bonchev–Trinajstić information content (AvgIpc) is 3.19. The van der Waals surface area contributed by atoms with Crippen LogP contribution in [0.15, 0.2) is 0 Å². The molecule has 1 fully saturated rings. The number of ether oxygens (including phenoxy) is 1. The number of rotatable bonds is 10. The summed E-state index contributed by atoms with van der Waals surface area (Å²) in [6, 6.07) is 0.842. The van der Waals surface area contributed by atoms with E-state index in [-0.39, 0.29) is 12.0 Å². The molecule has 1 N–H and O–H groups in total. The molecule has 1 saturated carbocycles. The van der Waals surface area contributed by atoms with Crippen molar-refractivity contribution in [1.82, 2.24) is 10.2 Å². The van der Waals surface area contributed by atoms with E-state index in [1.54, 1.807) is 0 Å². The minimum atomic E-state index is -0.578. The Morgan fingerprint density at radius 2 is 1.95 bits per heavy atom. The Kier molecular flexibility index (Phi) is 7.14. The first-order valence-corrected chi connectivity index (χ1v) is 8.38. The quantitative estimate of drug-likeness (QED) is 0.630. The van der Waals surface area contributed by atoms with Gasteiger partial charge in [0.2, 0.25) is 0 Å². The Labute approximate surface area is 130 Å². The monoisotopic (exact) mass is 298 g/mol. The van der Waals surface area contributed by atoms with Gasteiger partial charge in [0.05, 0.1) is 7.11 Å². The van der Waals surface area contributed by atoms with Gasteiger partial charge < -0.3 is 9.64 Å². The molecule has 124 valence electrons. The molecular formula is C17H34N2O2. The highest BCUT2D eigenvalue weighted by atomic mass is 16.5. The van der Waals surface area contributed by atoms with Crippen LogP contribution in [0, 0.1) is 5.92 Å². The lowest BCUT2D eigenvalue weighted by Gasteiger charge is -2.32. The third-order valence-electron chi connectivity index (χ3n) is 4.29. The van der Waals surface area contributed by atoms with Crippen LogP contribution in [0.2, 0.25) is 0 Å². The summed E-state index contributed by atoms with van der Waals surface area (Å²) in [6.45, 7) is 12.9. The van der Waals surface area contributed by atoms with Gasteiger partial charge in [-0.25, -0.2) is 0 Å². The van der Waals surface area contributed by atoms with Crippen molar-refractivity contribution in [3.05, 3.63) is 0 Å². The zero-order chi connectivity index (χ0) is 16.0. The van der Waals surface area contributed by atoms with Crippen LogP contribution in [-0.4, -0.2) is 48.7 Å². The zero-order valence-corrected chi connectivity index (χ0v) is 14.7. The molecule has 0 aliphatic heterocycles. The van der Waals surface area contributed by atoms with Crippen molar-refractivity contribution in [3.8, 4) is 0 Å². The molecular weight excluding hydrogens is 264 g/mol. The normalized spacial score (nSPS) is 18.3. The lowest BCUT2D eigenvalue weighted by molar-refractivity contribution is -0.148. The van der Waals surface area contributed by atoms with Crippen LogP contribution in [-0.2, 0) is 9.53 Å². The van der Waals surface area contributed by atoms with Gasteiger partial charge in [0.25, 0.3) is 0 Å². The van der Waals surface area contributed by atoms with E-state index in [1.165, 1.54) is 26.5 Å². The van der Waals surface area contributed by atoms with Gasteiger partial charge in [0, 0.05) is 18.6 Å². The molecule has 0 saturated heterocycles. The number of esters is 1. The Morgan fingerprint density at radius 3 is 2.38 bits per heavy atom. The molecule has 1 aliphatic rings. The predicted octanol–water partition coefficient (Wildman–Crippen LogP) is 2.82. The maximum Gasteiger partial charge on any atom is 0.325 e. The summed E-state index contributed by atoms with van der Waals surface area (Å²) >= 11 is 0. The van der Waals surface area contributed by atoms with Crippen LogP contribution in [0.5, 0.6) is 0 Å². The second-order valence-electron chi connectivity index (χ2n) is 7.26. The minimum absolute atomic E-state index is 0.158. The number of hydrogen-bond acceptors (Lipinski definition) is 4. The predicted molar refractivity (Wildman–Crippen MR) is 87.4 cm³/mol. The first kappa shape index (κ1) is 18.4. The Balaban J connectivity index is 2.48. The van der Waals surface area contributed by atoms with E-state index in [0.717, 1.165) is 25.3 Å². The van der Waals surface area contributed by atoms with E-state index < -0.39 is 5.54 Å². The third kappa shape index (κ3) is 6.35. The molecule has 4 heteroatoms. The van der Waals surface area contributed by atoms with Gasteiger partial charge in [-0.1, -0.05) is 0 Å². The van der Waals surface area contributed by atoms with E-state index >= 15 is 0 Å². The largest absolute Gasteiger partial charge is 0.468 e. The summed E-state index contributed by atoms with van der Waals surface area (Å²) in [4.78, 5) is 14.6. The second kappa shape index (κ2) is 8.14. The van der Waals surface area contributed by atoms with Gasteiger partial charge in [0.1, 0.15) is 5.54 Å². The molecule has 1 atom stereocenters. The summed E-state index contributed by atoms with van der Waals surface area (Å²) in [7, 11) is 1.47. The van der Waals surface area contributed by atoms with Crippen LogP contribution < -0.4 is 5.32 Å². The molecule has 0 bridgehead atoms. The van der Waals surface area contributed by atoms with E-state index in [4.69, 9.17) is 4.74 Å². The summed E-state index contributed by atoms with van der Waals surface area (Å²) in [5, 5.41) is 3.37. The van der Waals surface area contributed by atoms with Crippen molar-refractivity contribution in [2.24, 2.45) is 5.92 Å². The average molecular weight is 298 g/mol. The Hall–Kier alpha value is -0.610. The maximum atomic E-state index is 12.1. The maximum absolute atomic E-state index is 12.1. The number of hydrogen-bond donors (Lipinski definition) is 1. The van der Waals surface area contributed by atoms with E-state index in [0.29, 0.717) is 6.04 Å². The molecule has 0 aromatic rings. The fourth-order valence-electron chi connectivity index (χ4n) is 2.92. The van der Waals surface area contributed by atoms with Gasteiger partial charge in [-0.05, 0) is 72.8 Å². The van der Waals surface area contributed by atoms with Crippen molar-refractivity contribution < 1.29 is 9.53 Å². The number of carbonyl (C=O) groups excluding carboxylic acids is 1. The van der Waals surface area contributed by atoms with Gasteiger partial charge in [-0.2, -0.15) is 0 Å². The van der Waals surface area contributed by atoms with Crippen LogP contribution in [0.3, 0.4) is 0 Å². The van der Waals surface area contributed by atoms with Gasteiger partial charge in [0.15, 0.2) is 0 Å². The van der Waals surface area contributed by atoms with Crippen LogP contribution in [0.1, 0.15) is 60.3 Å². The van der Waals surface area contributed by atoms with Crippen LogP contribution >= 0.6 is 0 Å². The third-order valence-corrected chi connectivity index (χ3v) is 4.29. The summed E-state index contributed by atoms with van der Waals surface area (Å²) in [5.74, 6) is 0.752. The summed E-state index contributed by atoms with van der Waals surface area (Å²) < 4.78 is 4.98. The molecule has 0 heterocycles. The summed E-state index contributed by atoms with van der Waals surface area (Å²) in [5.41, 5.74) is -0.578. The highest BCUT2D eigenvalue weighted by molar-refractivity contribution is 5.80. The van der Waals surface area contributed by atoms with E-state index in [9.17, 15) is 4.79 Å². The fraction of sp³-hybridized carbons (Fsp3) is 0.941. The van der Waals surface area contributed by atoms with E-state index in [2.05, 4.69) is 37.9 Å². The molecule has 21 heavy (non-hydrogen) atoms. The lowest BCUT2D eigenvalue weighted by Crippen LogP contribution is -2.53.